The lowest BCUT2D eigenvalue weighted by Gasteiger charge is -2.24. The Bertz CT molecular complexity index is 911. The van der Waals surface area contributed by atoms with Crippen LogP contribution in [-0.2, 0) is 19.8 Å². The summed E-state index contributed by atoms with van der Waals surface area (Å²) < 4.78 is 16.9. The molecule has 11 heteroatoms. The number of nitrogen functional groups attached to an aromatic ring is 1. The summed E-state index contributed by atoms with van der Waals surface area (Å²) >= 11 is 0. The van der Waals surface area contributed by atoms with Crippen molar-refractivity contribution < 1.29 is 29.2 Å². The zero-order valence-corrected chi connectivity index (χ0v) is 15.3. The van der Waals surface area contributed by atoms with Gasteiger partial charge in [-0.1, -0.05) is 6.92 Å². The van der Waals surface area contributed by atoms with Crippen LogP contribution in [0.2, 0.25) is 0 Å². The van der Waals surface area contributed by atoms with Crippen LogP contribution in [0.1, 0.15) is 26.0 Å². The Morgan fingerprint density at radius 2 is 2.29 bits per heavy atom. The van der Waals surface area contributed by atoms with Crippen molar-refractivity contribution in [1.82, 2.24) is 14.6 Å². The number of aliphatic hydroxyl groups is 2. The molecule has 0 spiro atoms. The van der Waals surface area contributed by atoms with Gasteiger partial charge in [0, 0.05) is 0 Å². The second-order valence-electron chi connectivity index (χ2n) is 6.50. The molecule has 0 bridgehead atoms. The lowest BCUT2D eigenvalue weighted by Crippen LogP contribution is -2.41. The second kappa shape index (κ2) is 7.59. The van der Waals surface area contributed by atoms with Gasteiger partial charge in [0.1, 0.15) is 48.9 Å². The smallest absolute Gasteiger partial charge is 0.431 e. The highest BCUT2D eigenvalue weighted by atomic mass is 16.7. The summed E-state index contributed by atoms with van der Waals surface area (Å²) in [6, 6.07) is 4.97. The van der Waals surface area contributed by atoms with Gasteiger partial charge in [-0.15, -0.1) is 0 Å². The van der Waals surface area contributed by atoms with Crippen molar-refractivity contribution in [3.8, 4) is 6.07 Å². The van der Waals surface area contributed by atoms with Crippen molar-refractivity contribution in [3.63, 3.8) is 0 Å². The van der Waals surface area contributed by atoms with Crippen LogP contribution < -0.4 is 5.73 Å². The monoisotopic (exact) mass is 391 g/mol. The van der Waals surface area contributed by atoms with E-state index >= 15 is 0 Å². The van der Waals surface area contributed by atoms with Crippen molar-refractivity contribution in [2.45, 2.75) is 50.3 Å². The summed E-state index contributed by atoms with van der Waals surface area (Å²) in [7, 11) is 0. The number of rotatable bonds is 5. The molecule has 2 aromatic heterocycles. The number of carbonyl (C=O) groups is 1. The van der Waals surface area contributed by atoms with E-state index in [1.807, 2.05) is 13.0 Å². The first-order chi connectivity index (χ1) is 13.3. The molecule has 1 aliphatic heterocycles. The summed E-state index contributed by atoms with van der Waals surface area (Å²) in [6.07, 6.45) is -3.71. The number of hydrogen-bond donors (Lipinski definition) is 3. The molecular formula is C17H21N5O6. The zero-order valence-electron chi connectivity index (χ0n) is 15.3. The first kappa shape index (κ1) is 19.8. The minimum Gasteiger partial charge on any atom is -0.431 e. The number of fused-ring (bicyclic) bond motifs is 1. The summed E-state index contributed by atoms with van der Waals surface area (Å²) in [5.41, 5.74) is 4.43. The minimum atomic E-state index is -1.94. The van der Waals surface area contributed by atoms with Gasteiger partial charge in [-0.2, -0.15) is 10.4 Å². The van der Waals surface area contributed by atoms with Crippen LogP contribution in [0.15, 0.2) is 18.5 Å². The largest absolute Gasteiger partial charge is 0.508 e. The SMILES string of the molecule is CC[C@H](C)OC(=O)OC[C@H]1O[C@@](C#N)(c2ccc3c(N)ncnn23)[C@H](O)[C@@H]1O. The van der Waals surface area contributed by atoms with E-state index in [9.17, 15) is 20.3 Å². The second-order valence-corrected chi connectivity index (χ2v) is 6.50. The summed E-state index contributed by atoms with van der Waals surface area (Å²) in [5.74, 6) is 0.176. The third-order valence-electron chi connectivity index (χ3n) is 4.72. The number of aliphatic hydroxyl groups excluding tert-OH is 2. The quantitative estimate of drug-likeness (QED) is 0.595. The fourth-order valence-electron chi connectivity index (χ4n) is 2.98. The van der Waals surface area contributed by atoms with E-state index in [1.54, 1.807) is 13.0 Å². The Balaban J connectivity index is 1.84. The molecule has 1 saturated heterocycles. The number of anilines is 1. The van der Waals surface area contributed by atoms with Gasteiger partial charge in [0.2, 0.25) is 5.60 Å². The number of carbonyl (C=O) groups excluding carboxylic acids is 1. The Morgan fingerprint density at radius 1 is 1.54 bits per heavy atom. The highest BCUT2D eigenvalue weighted by Crippen LogP contribution is 2.40. The topological polar surface area (TPSA) is 165 Å². The first-order valence-corrected chi connectivity index (χ1v) is 8.71. The van der Waals surface area contributed by atoms with Gasteiger partial charge >= 0.3 is 6.16 Å². The first-order valence-electron chi connectivity index (χ1n) is 8.71. The van der Waals surface area contributed by atoms with Crippen LogP contribution in [0.3, 0.4) is 0 Å². The summed E-state index contributed by atoms with van der Waals surface area (Å²) in [4.78, 5) is 15.5. The van der Waals surface area contributed by atoms with E-state index in [-0.39, 0.29) is 17.6 Å². The van der Waals surface area contributed by atoms with Crippen molar-refractivity contribution in [2.75, 3.05) is 12.3 Å². The molecule has 11 nitrogen and oxygen atoms in total. The van der Waals surface area contributed by atoms with E-state index in [0.29, 0.717) is 11.9 Å². The molecule has 1 fully saturated rings. The highest BCUT2D eigenvalue weighted by molar-refractivity contribution is 5.66. The van der Waals surface area contributed by atoms with Crippen LogP contribution in [0, 0.1) is 11.3 Å². The van der Waals surface area contributed by atoms with Crippen LogP contribution in [0.25, 0.3) is 5.52 Å². The molecular weight excluding hydrogens is 370 g/mol. The summed E-state index contributed by atoms with van der Waals surface area (Å²) in [6.45, 7) is 3.15. The maximum absolute atomic E-state index is 11.7. The molecule has 1 aliphatic rings. The fraction of sp³-hybridized carbons (Fsp3) is 0.529. The number of hydrogen-bond acceptors (Lipinski definition) is 10. The fourth-order valence-corrected chi connectivity index (χ4v) is 2.98. The maximum Gasteiger partial charge on any atom is 0.508 e. The molecule has 2 aromatic rings. The van der Waals surface area contributed by atoms with Crippen LogP contribution in [0.5, 0.6) is 0 Å². The lowest BCUT2D eigenvalue weighted by atomic mass is 9.92. The molecule has 0 aromatic carbocycles. The molecule has 4 N–H and O–H groups in total. The van der Waals surface area contributed by atoms with Crippen molar-refractivity contribution in [2.24, 2.45) is 0 Å². The third kappa shape index (κ3) is 3.22. The van der Waals surface area contributed by atoms with Gasteiger partial charge in [-0.3, -0.25) is 0 Å². The van der Waals surface area contributed by atoms with E-state index in [0.717, 1.165) is 0 Å². The van der Waals surface area contributed by atoms with Gasteiger partial charge in [-0.05, 0) is 25.5 Å². The van der Waals surface area contributed by atoms with Crippen LogP contribution >= 0.6 is 0 Å². The molecule has 150 valence electrons. The van der Waals surface area contributed by atoms with E-state index in [1.165, 1.54) is 16.9 Å². The molecule has 0 aliphatic carbocycles. The van der Waals surface area contributed by atoms with Crippen LogP contribution in [-0.4, -0.2) is 62.0 Å². The van der Waals surface area contributed by atoms with Gasteiger partial charge in [-0.25, -0.2) is 14.3 Å². The number of aromatic nitrogens is 3. The average Bonchev–Trinajstić information content (AvgIpc) is 3.22. The third-order valence-corrected chi connectivity index (χ3v) is 4.72. The minimum absolute atomic E-state index is 0.162. The predicted molar refractivity (Wildman–Crippen MR) is 93.8 cm³/mol. The Labute approximate surface area is 160 Å². The van der Waals surface area contributed by atoms with Gasteiger partial charge in [0.15, 0.2) is 5.82 Å². The zero-order chi connectivity index (χ0) is 20.5. The standard InChI is InChI=1S/C17H21N5O6/c1-3-9(2)27-16(25)26-6-11-13(23)14(24)17(7-18,28-11)12-5-4-10-15(19)20-8-21-22(10)12/h4-5,8-9,11,13-14,23-24H,3,6H2,1-2H3,(H2,19,20,21)/t9-,11+,13+,14+,17-/m0/s1. The Hall–Kier alpha value is -2.94. The number of nitrogens with two attached hydrogens (primary N) is 1. The number of nitriles is 1. The van der Waals surface area contributed by atoms with E-state index in [4.69, 9.17) is 19.9 Å². The molecule has 28 heavy (non-hydrogen) atoms. The molecule has 5 atom stereocenters. The summed E-state index contributed by atoms with van der Waals surface area (Å²) in [5, 5.41) is 34.8. The molecule has 0 unspecified atom stereocenters. The van der Waals surface area contributed by atoms with Crippen molar-refractivity contribution >= 4 is 17.5 Å². The molecule has 0 saturated carbocycles. The molecule has 0 radical (unpaired) electrons. The van der Waals surface area contributed by atoms with Gasteiger partial charge < -0.3 is 30.2 Å². The van der Waals surface area contributed by atoms with Crippen molar-refractivity contribution in [1.29, 1.82) is 5.26 Å². The lowest BCUT2D eigenvalue weighted by molar-refractivity contribution is -0.0743. The van der Waals surface area contributed by atoms with Crippen LogP contribution in [0.4, 0.5) is 10.6 Å². The normalized spacial score (nSPS) is 28.0. The molecule has 3 heterocycles. The van der Waals surface area contributed by atoms with Crippen molar-refractivity contribution in [3.05, 3.63) is 24.2 Å². The van der Waals surface area contributed by atoms with Gasteiger partial charge in [0.25, 0.3) is 0 Å². The number of ether oxygens (including phenoxy) is 3. The van der Waals surface area contributed by atoms with E-state index in [2.05, 4.69) is 10.1 Å². The van der Waals surface area contributed by atoms with E-state index < -0.39 is 36.7 Å². The maximum atomic E-state index is 11.7. The molecule has 3 rings (SSSR count). The highest BCUT2D eigenvalue weighted by Gasteiger charge is 2.57. The Kier molecular flexibility index (Phi) is 5.37. The molecule has 0 amide bonds. The predicted octanol–water partition coefficient (Wildman–Crippen LogP) is 0.103. The van der Waals surface area contributed by atoms with Gasteiger partial charge in [0.05, 0.1) is 5.69 Å². The average molecular weight is 391 g/mol. The Morgan fingerprint density at radius 3 is 2.96 bits per heavy atom. The number of nitrogens with zero attached hydrogens (tertiary/aromatic N) is 4.